The Labute approximate surface area is 200 Å². The lowest BCUT2D eigenvalue weighted by molar-refractivity contribution is 0.0906. The SMILES string of the molecule is COc1ccc(N2CCN(C(c3ccccc3)c3nnnn3CC3CCCO3)CC2)cc1.Cl. The van der Waals surface area contributed by atoms with Gasteiger partial charge >= 0.3 is 0 Å². The molecule has 2 unspecified atom stereocenters. The molecule has 2 aromatic carbocycles. The van der Waals surface area contributed by atoms with Gasteiger partial charge in [-0.05, 0) is 53.1 Å². The van der Waals surface area contributed by atoms with E-state index in [-0.39, 0.29) is 24.6 Å². The fourth-order valence-electron chi connectivity index (χ4n) is 4.71. The molecule has 8 nitrogen and oxygen atoms in total. The van der Waals surface area contributed by atoms with Gasteiger partial charge in [0.2, 0.25) is 0 Å². The molecular formula is C24H31ClN6O2. The summed E-state index contributed by atoms with van der Waals surface area (Å²) in [4.78, 5) is 4.92. The Morgan fingerprint density at radius 2 is 1.79 bits per heavy atom. The quantitative estimate of drug-likeness (QED) is 0.525. The number of nitrogens with zero attached hydrogens (tertiary/aromatic N) is 6. The molecule has 33 heavy (non-hydrogen) atoms. The van der Waals surface area contributed by atoms with Gasteiger partial charge in [-0.15, -0.1) is 17.5 Å². The van der Waals surface area contributed by atoms with Crippen LogP contribution in [-0.2, 0) is 11.3 Å². The van der Waals surface area contributed by atoms with E-state index in [0.29, 0.717) is 6.54 Å². The van der Waals surface area contributed by atoms with Crippen LogP contribution in [0.3, 0.4) is 0 Å². The lowest BCUT2D eigenvalue weighted by Crippen LogP contribution is -2.48. The summed E-state index contributed by atoms with van der Waals surface area (Å²) in [5.74, 6) is 1.78. The van der Waals surface area contributed by atoms with E-state index in [4.69, 9.17) is 9.47 Å². The number of aromatic nitrogens is 4. The second-order valence-electron chi connectivity index (χ2n) is 8.39. The number of tetrazole rings is 1. The Morgan fingerprint density at radius 1 is 1.03 bits per heavy atom. The average molecular weight is 471 g/mol. The van der Waals surface area contributed by atoms with E-state index >= 15 is 0 Å². The van der Waals surface area contributed by atoms with Gasteiger partial charge in [-0.2, -0.15) is 0 Å². The topological polar surface area (TPSA) is 68.5 Å². The van der Waals surface area contributed by atoms with Crippen molar-refractivity contribution in [3.8, 4) is 5.75 Å². The fourth-order valence-corrected chi connectivity index (χ4v) is 4.71. The molecule has 0 spiro atoms. The Kier molecular flexibility index (Phi) is 7.80. The van der Waals surface area contributed by atoms with Crippen molar-refractivity contribution in [3.05, 3.63) is 66.0 Å². The van der Waals surface area contributed by atoms with E-state index in [1.165, 1.54) is 11.3 Å². The Hall–Kier alpha value is -2.68. The molecular weight excluding hydrogens is 440 g/mol. The molecule has 5 rings (SSSR count). The van der Waals surface area contributed by atoms with E-state index in [0.717, 1.165) is 57.2 Å². The third-order valence-corrected chi connectivity index (χ3v) is 6.44. The maximum absolute atomic E-state index is 5.85. The predicted molar refractivity (Wildman–Crippen MR) is 129 cm³/mol. The largest absolute Gasteiger partial charge is 0.497 e. The summed E-state index contributed by atoms with van der Waals surface area (Å²) in [7, 11) is 1.70. The maximum atomic E-state index is 5.85. The zero-order valence-corrected chi connectivity index (χ0v) is 19.7. The highest BCUT2D eigenvalue weighted by Gasteiger charge is 2.31. The van der Waals surface area contributed by atoms with Gasteiger partial charge in [0.15, 0.2) is 5.82 Å². The van der Waals surface area contributed by atoms with Crippen molar-refractivity contribution in [1.82, 2.24) is 25.1 Å². The number of piperazine rings is 1. The molecule has 2 saturated heterocycles. The Bertz CT molecular complexity index is 986. The van der Waals surface area contributed by atoms with Gasteiger partial charge in [-0.25, -0.2) is 4.68 Å². The smallest absolute Gasteiger partial charge is 0.173 e. The van der Waals surface area contributed by atoms with E-state index in [1.807, 2.05) is 16.8 Å². The molecule has 2 aliphatic rings. The van der Waals surface area contributed by atoms with E-state index in [2.05, 4.69) is 67.8 Å². The number of rotatable bonds is 7. The summed E-state index contributed by atoms with van der Waals surface area (Å²) in [5, 5.41) is 12.9. The molecule has 0 amide bonds. The van der Waals surface area contributed by atoms with Crippen LogP contribution in [0.1, 0.15) is 30.3 Å². The monoisotopic (exact) mass is 470 g/mol. The van der Waals surface area contributed by atoms with E-state index < -0.39 is 0 Å². The minimum atomic E-state index is 0. The molecule has 1 aromatic heterocycles. The highest BCUT2D eigenvalue weighted by Crippen LogP contribution is 2.30. The first-order valence-corrected chi connectivity index (χ1v) is 11.4. The lowest BCUT2D eigenvalue weighted by Gasteiger charge is -2.40. The molecule has 3 heterocycles. The third-order valence-electron chi connectivity index (χ3n) is 6.44. The van der Waals surface area contributed by atoms with Gasteiger partial charge in [0, 0.05) is 38.5 Å². The molecule has 0 bridgehead atoms. The number of anilines is 1. The van der Waals surface area contributed by atoms with Gasteiger partial charge in [-0.1, -0.05) is 30.3 Å². The molecule has 9 heteroatoms. The van der Waals surface area contributed by atoms with Crippen LogP contribution in [0.5, 0.6) is 5.75 Å². The van der Waals surface area contributed by atoms with Crippen molar-refractivity contribution in [1.29, 1.82) is 0 Å². The van der Waals surface area contributed by atoms with Crippen molar-refractivity contribution in [2.45, 2.75) is 31.5 Å². The molecule has 0 saturated carbocycles. The molecule has 2 aliphatic heterocycles. The fraction of sp³-hybridized carbons (Fsp3) is 0.458. The van der Waals surface area contributed by atoms with Gasteiger partial charge in [0.25, 0.3) is 0 Å². The van der Waals surface area contributed by atoms with Crippen LogP contribution in [0.15, 0.2) is 54.6 Å². The molecule has 3 aromatic rings. The van der Waals surface area contributed by atoms with Gasteiger partial charge < -0.3 is 14.4 Å². The second-order valence-corrected chi connectivity index (χ2v) is 8.39. The maximum Gasteiger partial charge on any atom is 0.173 e. The summed E-state index contributed by atoms with van der Waals surface area (Å²) in [6, 6.07) is 18.9. The normalized spacial score (nSPS) is 19.8. The average Bonchev–Trinajstić information content (AvgIpc) is 3.54. The summed E-state index contributed by atoms with van der Waals surface area (Å²) in [6.07, 6.45) is 2.37. The number of hydrogen-bond donors (Lipinski definition) is 0. The zero-order valence-electron chi connectivity index (χ0n) is 18.9. The summed E-state index contributed by atoms with van der Waals surface area (Å²) < 4.78 is 13.1. The first-order chi connectivity index (χ1) is 15.8. The number of ether oxygens (including phenoxy) is 2. The molecule has 0 N–H and O–H groups in total. The first-order valence-electron chi connectivity index (χ1n) is 11.4. The Balaban J connectivity index is 0.00000259. The van der Waals surface area contributed by atoms with Crippen LogP contribution >= 0.6 is 12.4 Å². The highest BCUT2D eigenvalue weighted by molar-refractivity contribution is 5.85. The van der Waals surface area contributed by atoms with Gasteiger partial charge in [-0.3, -0.25) is 4.90 Å². The molecule has 0 aliphatic carbocycles. The lowest BCUT2D eigenvalue weighted by atomic mass is 10.0. The van der Waals surface area contributed by atoms with Crippen molar-refractivity contribution in [3.63, 3.8) is 0 Å². The van der Waals surface area contributed by atoms with Crippen LogP contribution in [-0.4, -0.2) is 71.1 Å². The van der Waals surface area contributed by atoms with Crippen LogP contribution < -0.4 is 9.64 Å². The first kappa shape index (κ1) is 23.5. The molecule has 176 valence electrons. The summed E-state index contributed by atoms with van der Waals surface area (Å²) in [5.41, 5.74) is 2.44. The van der Waals surface area contributed by atoms with Crippen LogP contribution in [0.2, 0.25) is 0 Å². The highest BCUT2D eigenvalue weighted by atomic mass is 35.5. The minimum absolute atomic E-state index is 0. The van der Waals surface area contributed by atoms with Crippen molar-refractivity contribution >= 4 is 18.1 Å². The van der Waals surface area contributed by atoms with Gasteiger partial charge in [0.05, 0.1) is 25.8 Å². The van der Waals surface area contributed by atoms with E-state index in [9.17, 15) is 0 Å². The van der Waals surface area contributed by atoms with Crippen LogP contribution in [0.4, 0.5) is 5.69 Å². The Morgan fingerprint density at radius 3 is 2.45 bits per heavy atom. The van der Waals surface area contributed by atoms with E-state index in [1.54, 1.807) is 7.11 Å². The van der Waals surface area contributed by atoms with Crippen molar-refractivity contribution in [2.24, 2.45) is 0 Å². The number of methoxy groups -OCH3 is 1. The summed E-state index contributed by atoms with van der Waals surface area (Å²) in [6.45, 7) is 5.29. The predicted octanol–water partition coefficient (Wildman–Crippen LogP) is 3.19. The van der Waals surface area contributed by atoms with Crippen molar-refractivity contribution < 1.29 is 9.47 Å². The van der Waals surface area contributed by atoms with Crippen LogP contribution in [0.25, 0.3) is 0 Å². The molecule has 2 fully saturated rings. The van der Waals surface area contributed by atoms with Crippen LogP contribution in [0, 0.1) is 0 Å². The minimum Gasteiger partial charge on any atom is -0.497 e. The molecule has 2 atom stereocenters. The zero-order chi connectivity index (χ0) is 21.8. The van der Waals surface area contributed by atoms with Crippen molar-refractivity contribution in [2.75, 3.05) is 44.8 Å². The third kappa shape index (κ3) is 5.29. The number of benzene rings is 2. The van der Waals surface area contributed by atoms with Gasteiger partial charge in [0.1, 0.15) is 5.75 Å². The number of halogens is 1. The summed E-state index contributed by atoms with van der Waals surface area (Å²) >= 11 is 0. The number of hydrogen-bond acceptors (Lipinski definition) is 7. The molecule has 0 radical (unpaired) electrons. The second kappa shape index (κ2) is 11.0. The standard InChI is InChI=1S/C24H30N6O2.ClH/c1-31-21-11-9-20(10-12-21)28-13-15-29(16-14-28)23(19-6-3-2-4-7-19)24-25-26-27-30(24)18-22-8-5-17-32-22;/h2-4,6-7,9-12,22-23H,5,8,13-18H2,1H3;1H.